The van der Waals surface area contributed by atoms with Gasteiger partial charge in [0.1, 0.15) is 5.82 Å². The topological polar surface area (TPSA) is 67.6 Å². The van der Waals surface area contributed by atoms with E-state index in [0.29, 0.717) is 5.82 Å². The summed E-state index contributed by atoms with van der Waals surface area (Å²) in [7, 11) is 0. The van der Waals surface area contributed by atoms with Gasteiger partial charge in [-0.15, -0.1) is 0 Å². The standard InChI is InChI=1S/C12H16N4/c1-4-10-14-12(16-15-10)9-6-7(2)5-8(3)11(9)13/h5-6H,4,13H2,1-3H3,(H,14,15,16). The Hall–Kier alpha value is -1.84. The Labute approximate surface area is 94.9 Å². The molecule has 2 aromatic rings. The number of benzene rings is 1. The monoisotopic (exact) mass is 216 g/mol. The summed E-state index contributed by atoms with van der Waals surface area (Å²) in [5.41, 5.74) is 9.95. The minimum absolute atomic E-state index is 0.682. The van der Waals surface area contributed by atoms with Crippen LogP contribution in [0.3, 0.4) is 0 Å². The normalized spacial score (nSPS) is 10.7. The van der Waals surface area contributed by atoms with Gasteiger partial charge in [0.25, 0.3) is 0 Å². The fourth-order valence-electron chi connectivity index (χ4n) is 1.74. The molecule has 4 heteroatoms. The first-order valence-electron chi connectivity index (χ1n) is 5.40. The lowest BCUT2D eigenvalue weighted by atomic mass is 10.0. The number of hydrogen-bond acceptors (Lipinski definition) is 3. The third-order valence-corrected chi connectivity index (χ3v) is 2.64. The number of nitrogens with one attached hydrogen (secondary N) is 1. The molecule has 4 nitrogen and oxygen atoms in total. The number of aromatic amines is 1. The fraction of sp³-hybridized carbons (Fsp3) is 0.333. The van der Waals surface area contributed by atoms with Gasteiger partial charge >= 0.3 is 0 Å². The molecule has 0 saturated heterocycles. The molecule has 0 fully saturated rings. The van der Waals surface area contributed by atoms with Crippen molar-refractivity contribution in [3.05, 3.63) is 29.1 Å². The molecular formula is C12H16N4. The van der Waals surface area contributed by atoms with Crippen molar-refractivity contribution < 1.29 is 0 Å². The maximum Gasteiger partial charge on any atom is 0.183 e. The Balaban J connectivity index is 2.54. The second-order valence-corrected chi connectivity index (χ2v) is 4.00. The molecule has 0 saturated carbocycles. The molecule has 1 heterocycles. The predicted octanol–water partition coefficient (Wildman–Crippen LogP) is 2.23. The number of nitrogen functional groups attached to an aromatic ring is 1. The van der Waals surface area contributed by atoms with Crippen LogP contribution in [0.25, 0.3) is 11.4 Å². The molecule has 0 aliphatic carbocycles. The van der Waals surface area contributed by atoms with E-state index in [4.69, 9.17) is 5.73 Å². The van der Waals surface area contributed by atoms with Crippen molar-refractivity contribution in [2.45, 2.75) is 27.2 Å². The zero-order valence-corrected chi connectivity index (χ0v) is 9.83. The van der Waals surface area contributed by atoms with Crippen LogP contribution in [0.1, 0.15) is 23.9 Å². The Morgan fingerprint density at radius 2 is 2.06 bits per heavy atom. The van der Waals surface area contributed by atoms with E-state index < -0.39 is 0 Å². The molecule has 0 amide bonds. The molecule has 16 heavy (non-hydrogen) atoms. The van der Waals surface area contributed by atoms with Gasteiger partial charge in [-0.1, -0.05) is 13.0 Å². The maximum absolute atomic E-state index is 6.04. The fourth-order valence-corrected chi connectivity index (χ4v) is 1.74. The summed E-state index contributed by atoms with van der Waals surface area (Å²) in [6, 6.07) is 4.08. The number of aromatic nitrogens is 3. The van der Waals surface area contributed by atoms with Gasteiger partial charge in [-0.3, -0.25) is 5.10 Å². The second-order valence-electron chi connectivity index (χ2n) is 4.00. The van der Waals surface area contributed by atoms with Gasteiger partial charge in [0, 0.05) is 17.7 Å². The van der Waals surface area contributed by atoms with E-state index in [1.807, 2.05) is 26.8 Å². The van der Waals surface area contributed by atoms with Gasteiger partial charge in [0.15, 0.2) is 5.82 Å². The first kappa shape index (κ1) is 10.7. The van der Waals surface area contributed by atoms with Crippen LogP contribution in [0.4, 0.5) is 5.69 Å². The number of anilines is 1. The van der Waals surface area contributed by atoms with Crippen LogP contribution in [0.15, 0.2) is 12.1 Å². The highest BCUT2D eigenvalue weighted by Gasteiger charge is 2.10. The van der Waals surface area contributed by atoms with Crippen LogP contribution in [0.2, 0.25) is 0 Å². The number of aryl methyl sites for hydroxylation is 3. The Morgan fingerprint density at radius 3 is 2.69 bits per heavy atom. The summed E-state index contributed by atoms with van der Waals surface area (Å²) in [6.45, 7) is 6.08. The van der Waals surface area contributed by atoms with Crippen LogP contribution in [-0.2, 0) is 6.42 Å². The first-order valence-corrected chi connectivity index (χ1v) is 5.40. The lowest BCUT2D eigenvalue weighted by Gasteiger charge is -2.06. The van der Waals surface area contributed by atoms with Crippen molar-refractivity contribution in [3.8, 4) is 11.4 Å². The number of H-pyrrole nitrogens is 1. The molecule has 0 atom stereocenters. The van der Waals surface area contributed by atoms with Crippen LogP contribution in [0, 0.1) is 13.8 Å². The maximum atomic E-state index is 6.04. The largest absolute Gasteiger partial charge is 0.398 e. The Morgan fingerprint density at radius 1 is 1.31 bits per heavy atom. The van der Waals surface area contributed by atoms with Crippen LogP contribution >= 0.6 is 0 Å². The highest BCUT2D eigenvalue weighted by atomic mass is 15.2. The van der Waals surface area contributed by atoms with Gasteiger partial charge in [-0.25, -0.2) is 4.98 Å². The van der Waals surface area contributed by atoms with Crippen molar-refractivity contribution in [3.63, 3.8) is 0 Å². The molecule has 0 aliphatic heterocycles. The smallest absolute Gasteiger partial charge is 0.183 e. The molecule has 0 aliphatic rings. The lowest BCUT2D eigenvalue weighted by Crippen LogP contribution is -1.96. The summed E-state index contributed by atoms with van der Waals surface area (Å²) >= 11 is 0. The molecule has 0 unspecified atom stereocenters. The van der Waals surface area contributed by atoms with E-state index in [9.17, 15) is 0 Å². The molecular weight excluding hydrogens is 200 g/mol. The summed E-state index contributed by atoms with van der Waals surface area (Å²) in [6.07, 6.45) is 0.845. The Kier molecular flexibility index (Phi) is 2.64. The molecule has 0 spiro atoms. The summed E-state index contributed by atoms with van der Waals surface area (Å²) in [5, 5.41) is 7.09. The van der Waals surface area contributed by atoms with Crippen molar-refractivity contribution >= 4 is 5.69 Å². The second kappa shape index (κ2) is 3.96. The number of rotatable bonds is 2. The van der Waals surface area contributed by atoms with Gasteiger partial charge < -0.3 is 5.73 Å². The highest BCUT2D eigenvalue weighted by molar-refractivity contribution is 5.74. The first-order chi connectivity index (χ1) is 7.61. The van der Waals surface area contributed by atoms with E-state index in [2.05, 4.69) is 21.2 Å². The summed E-state index contributed by atoms with van der Waals surface area (Å²) in [4.78, 5) is 4.40. The van der Waals surface area contributed by atoms with E-state index in [0.717, 1.165) is 29.1 Å². The van der Waals surface area contributed by atoms with Gasteiger partial charge in [-0.2, -0.15) is 5.10 Å². The number of nitrogens with two attached hydrogens (primary N) is 1. The van der Waals surface area contributed by atoms with E-state index in [1.165, 1.54) is 5.56 Å². The summed E-state index contributed by atoms with van der Waals surface area (Å²) < 4.78 is 0. The Bertz CT molecular complexity index is 514. The predicted molar refractivity (Wildman–Crippen MR) is 65.1 cm³/mol. The van der Waals surface area contributed by atoms with Crippen LogP contribution in [0.5, 0.6) is 0 Å². The molecule has 84 valence electrons. The van der Waals surface area contributed by atoms with Crippen LogP contribution in [-0.4, -0.2) is 15.2 Å². The third kappa shape index (κ3) is 1.78. The SMILES string of the molecule is CCc1nc(-c2cc(C)cc(C)c2N)n[nH]1. The molecule has 0 radical (unpaired) electrons. The molecule has 1 aromatic heterocycles. The van der Waals surface area contributed by atoms with Crippen LogP contribution < -0.4 is 5.73 Å². The highest BCUT2D eigenvalue weighted by Crippen LogP contribution is 2.27. The number of nitrogens with zero attached hydrogens (tertiary/aromatic N) is 2. The molecule has 0 bridgehead atoms. The van der Waals surface area contributed by atoms with E-state index >= 15 is 0 Å². The van der Waals surface area contributed by atoms with Crippen molar-refractivity contribution in [1.29, 1.82) is 0 Å². The van der Waals surface area contributed by atoms with Gasteiger partial charge in [-0.05, 0) is 31.0 Å². The minimum atomic E-state index is 0.682. The lowest BCUT2D eigenvalue weighted by molar-refractivity contribution is 0.946. The minimum Gasteiger partial charge on any atom is -0.398 e. The molecule has 1 aromatic carbocycles. The van der Waals surface area contributed by atoms with Crippen molar-refractivity contribution in [1.82, 2.24) is 15.2 Å². The zero-order chi connectivity index (χ0) is 11.7. The third-order valence-electron chi connectivity index (χ3n) is 2.64. The van der Waals surface area contributed by atoms with E-state index in [1.54, 1.807) is 0 Å². The molecule has 3 N–H and O–H groups in total. The number of hydrogen-bond donors (Lipinski definition) is 2. The van der Waals surface area contributed by atoms with Gasteiger partial charge in [0.2, 0.25) is 0 Å². The quantitative estimate of drug-likeness (QED) is 0.756. The molecule has 2 rings (SSSR count). The van der Waals surface area contributed by atoms with E-state index in [-0.39, 0.29) is 0 Å². The van der Waals surface area contributed by atoms with Gasteiger partial charge in [0.05, 0.1) is 0 Å². The summed E-state index contributed by atoms with van der Waals surface area (Å²) in [5.74, 6) is 1.56. The van der Waals surface area contributed by atoms with Crippen molar-refractivity contribution in [2.75, 3.05) is 5.73 Å². The average Bonchev–Trinajstić information content (AvgIpc) is 2.71. The average molecular weight is 216 g/mol. The van der Waals surface area contributed by atoms with Crippen molar-refractivity contribution in [2.24, 2.45) is 0 Å². The zero-order valence-electron chi connectivity index (χ0n) is 9.83.